The summed E-state index contributed by atoms with van der Waals surface area (Å²) in [7, 11) is 2.12. The van der Waals surface area contributed by atoms with E-state index in [4.69, 9.17) is 0 Å². The molecular weight excluding hydrogens is 238 g/mol. The molecule has 1 saturated heterocycles. The maximum absolute atomic E-state index is 12.2. The minimum atomic E-state index is 0.282. The number of likely N-dealkylation sites (N-methyl/N-ethyl adjacent to an activating group) is 1. The van der Waals surface area contributed by atoms with Crippen LogP contribution in [0.5, 0.6) is 0 Å². The number of piperazine rings is 1. The molecule has 2 atom stereocenters. The van der Waals surface area contributed by atoms with E-state index in [9.17, 15) is 4.79 Å². The molecule has 2 rings (SSSR count). The fourth-order valence-electron chi connectivity index (χ4n) is 3.18. The van der Waals surface area contributed by atoms with E-state index in [2.05, 4.69) is 24.2 Å². The molecule has 110 valence electrons. The van der Waals surface area contributed by atoms with Crippen LogP contribution in [-0.4, -0.2) is 61.5 Å². The molecule has 1 aliphatic carbocycles. The number of nitrogens with zero attached hydrogens (tertiary/aromatic N) is 2. The molecule has 0 aromatic carbocycles. The first-order chi connectivity index (χ1) is 9.16. The van der Waals surface area contributed by atoms with E-state index in [1.54, 1.807) is 0 Å². The number of hydrogen-bond donors (Lipinski definition) is 1. The highest BCUT2D eigenvalue weighted by molar-refractivity contribution is 5.78. The fraction of sp³-hybridized carbons (Fsp3) is 0.933. The summed E-state index contributed by atoms with van der Waals surface area (Å²) in [5.74, 6) is 0.993. The SMILES string of the molecule is CC1CCCCCC1NCC(=O)N1CCN(C)CC1. The molecule has 1 N–H and O–H groups in total. The van der Waals surface area contributed by atoms with Crippen LogP contribution in [-0.2, 0) is 4.79 Å². The normalized spacial score (nSPS) is 30.1. The molecule has 1 amide bonds. The Kier molecular flexibility index (Phi) is 5.64. The molecule has 0 spiro atoms. The second-order valence-electron chi connectivity index (χ2n) is 6.29. The van der Waals surface area contributed by atoms with E-state index in [0.717, 1.165) is 26.2 Å². The number of rotatable bonds is 3. The van der Waals surface area contributed by atoms with Crippen molar-refractivity contribution < 1.29 is 4.79 Å². The highest BCUT2D eigenvalue weighted by atomic mass is 16.2. The molecule has 0 aromatic heterocycles. The average molecular weight is 267 g/mol. The van der Waals surface area contributed by atoms with Crippen molar-refractivity contribution in [1.29, 1.82) is 0 Å². The lowest BCUT2D eigenvalue weighted by Crippen LogP contribution is -2.50. The predicted molar refractivity (Wildman–Crippen MR) is 78.1 cm³/mol. The zero-order chi connectivity index (χ0) is 13.7. The molecule has 2 aliphatic rings. The standard InChI is InChI=1S/C15H29N3O/c1-13-6-4-3-5-7-14(13)16-12-15(19)18-10-8-17(2)9-11-18/h13-14,16H,3-12H2,1-2H3. The summed E-state index contributed by atoms with van der Waals surface area (Å²) in [5, 5.41) is 3.51. The van der Waals surface area contributed by atoms with Gasteiger partial charge in [-0.3, -0.25) is 4.79 Å². The molecule has 1 saturated carbocycles. The van der Waals surface area contributed by atoms with Crippen molar-refractivity contribution in [3.05, 3.63) is 0 Å². The van der Waals surface area contributed by atoms with Gasteiger partial charge in [-0.05, 0) is 25.8 Å². The average Bonchev–Trinajstić information content (AvgIpc) is 2.61. The van der Waals surface area contributed by atoms with E-state index in [1.807, 2.05) is 4.90 Å². The van der Waals surface area contributed by atoms with Gasteiger partial charge in [0.05, 0.1) is 6.54 Å². The first-order valence-electron chi connectivity index (χ1n) is 7.86. The Morgan fingerprint density at radius 3 is 2.53 bits per heavy atom. The molecule has 4 nitrogen and oxygen atoms in total. The summed E-state index contributed by atoms with van der Waals surface area (Å²) in [5.41, 5.74) is 0. The van der Waals surface area contributed by atoms with Crippen molar-refractivity contribution in [3.63, 3.8) is 0 Å². The van der Waals surface area contributed by atoms with Crippen LogP contribution in [0.2, 0.25) is 0 Å². The van der Waals surface area contributed by atoms with Gasteiger partial charge < -0.3 is 15.1 Å². The second-order valence-corrected chi connectivity index (χ2v) is 6.29. The van der Waals surface area contributed by atoms with Crippen molar-refractivity contribution in [3.8, 4) is 0 Å². The third-order valence-corrected chi connectivity index (χ3v) is 4.73. The van der Waals surface area contributed by atoms with Gasteiger partial charge in [0.1, 0.15) is 0 Å². The number of carbonyl (C=O) groups excluding carboxylic acids is 1. The maximum atomic E-state index is 12.2. The number of amides is 1. The largest absolute Gasteiger partial charge is 0.339 e. The zero-order valence-electron chi connectivity index (χ0n) is 12.5. The summed E-state index contributed by atoms with van der Waals surface area (Å²) in [4.78, 5) is 16.5. The van der Waals surface area contributed by atoms with Crippen LogP contribution in [0.15, 0.2) is 0 Å². The van der Waals surface area contributed by atoms with E-state index >= 15 is 0 Å². The Morgan fingerprint density at radius 2 is 1.79 bits per heavy atom. The Bertz CT molecular complexity index is 287. The van der Waals surface area contributed by atoms with Gasteiger partial charge in [-0.2, -0.15) is 0 Å². The van der Waals surface area contributed by atoms with Crippen LogP contribution < -0.4 is 5.32 Å². The van der Waals surface area contributed by atoms with E-state index in [0.29, 0.717) is 18.5 Å². The smallest absolute Gasteiger partial charge is 0.236 e. The van der Waals surface area contributed by atoms with Gasteiger partial charge in [0.15, 0.2) is 0 Å². The van der Waals surface area contributed by atoms with E-state index < -0.39 is 0 Å². The van der Waals surface area contributed by atoms with Gasteiger partial charge >= 0.3 is 0 Å². The van der Waals surface area contributed by atoms with Crippen molar-refractivity contribution in [2.75, 3.05) is 39.8 Å². The summed E-state index contributed by atoms with van der Waals surface area (Å²) in [6.45, 7) is 6.63. The van der Waals surface area contributed by atoms with Gasteiger partial charge in [0.2, 0.25) is 5.91 Å². The van der Waals surface area contributed by atoms with Gasteiger partial charge in [-0.1, -0.05) is 26.2 Å². The summed E-state index contributed by atoms with van der Waals surface area (Å²) in [6.07, 6.45) is 6.56. The lowest BCUT2D eigenvalue weighted by atomic mass is 9.97. The maximum Gasteiger partial charge on any atom is 0.236 e. The van der Waals surface area contributed by atoms with Crippen LogP contribution in [0.1, 0.15) is 39.0 Å². The molecule has 2 fully saturated rings. The van der Waals surface area contributed by atoms with Crippen molar-refractivity contribution in [2.24, 2.45) is 5.92 Å². The first kappa shape index (κ1) is 14.8. The van der Waals surface area contributed by atoms with E-state index in [-0.39, 0.29) is 5.91 Å². The van der Waals surface area contributed by atoms with Crippen molar-refractivity contribution in [2.45, 2.75) is 45.1 Å². The minimum Gasteiger partial charge on any atom is -0.339 e. The lowest BCUT2D eigenvalue weighted by Gasteiger charge is -2.33. The topological polar surface area (TPSA) is 35.6 Å². The van der Waals surface area contributed by atoms with Crippen molar-refractivity contribution >= 4 is 5.91 Å². The summed E-state index contributed by atoms with van der Waals surface area (Å²) < 4.78 is 0. The van der Waals surface area contributed by atoms with Gasteiger partial charge in [-0.25, -0.2) is 0 Å². The number of nitrogens with one attached hydrogen (secondary N) is 1. The summed E-state index contributed by atoms with van der Waals surface area (Å²) >= 11 is 0. The zero-order valence-corrected chi connectivity index (χ0v) is 12.5. The Balaban J connectivity index is 1.73. The third-order valence-electron chi connectivity index (χ3n) is 4.73. The van der Waals surface area contributed by atoms with Gasteiger partial charge in [0.25, 0.3) is 0 Å². The van der Waals surface area contributed by atoms with Gasteiger partial charge in [-0.15, -0.1) is 0 Å². The minimum absolute atomic E-state index is 0.282. The molecule has 19 heavy (non-hydrogen) atoms. The molecule has 4 heteroatoms. The number of carbonyl (C=O) groups is 1. The summed E-state index contributed by atoms with van der Waals surface area (Å²) in [6, 6.07) is 0.541. The predicted octanol–water partition coefficient (Wildman–Crippen LogP) is 1.32. The molecule has 2 unspecified atom stereocenters. The molecule has 1 heterocycles. The van der Waals surface area contributed by atoms with Crippen LogP contribution in [0.4, 0.5) is 0 Å². The highest BCUT2D eigenvalue weighted by Crippen LogP contribution is 2.22. The van der Waals surface area contributed by atoms with E-state index in [1.165, 1.54) is 32.1 Å². The quantitative estimate of drug-likeness (QED) is 0.783. The third kappa shape index (κ3) is 4.46. The first-order valence-corrected chi connectivity index (χ1v) is 7.86. The monoisotopic (exact) mass is 267 g/mol. The molecule has 0 aromatic rings. The molecule has 0 radical (unpaired) electrons. The Labute approximate surface area is 117 Å². The Morgan fingerprint density at radius 1 is 1.11 bits per heavy atom. The number of hydrogen-bond acceptors (Lipinski definition) is 3. The van der Waals surface area contributed by atoms with Gasteiger partial charge in [0, 0.05) is 32.2 Å². The lowest BCUT2D eigenvalue weighted by molar-refractivity contribution is -0.132. The Hall–Kier alpha value is -0.610. The van der Waals surface area contributed by atoms with Crippen molar-refractivity contribution in [1.82, 2.24) is 15.1 Å². The van der Waals surface area contributed by atoms with Crippen LogP contribution in [0, 0.1) is 5.92 Å². The fourth-order valence-corrected chi connectivity index (χ4v) is 3.18. The molecular formula is C15H29N3O. The second kappa shape index (κ2) is 7.25. The molecule has 0 bridgehead atoms. The van der Waals surface area contributed by atoms with Crippen LogP contribution >= 0.6 is 0 Å². The van der Waals surface area contributed by atoms with Crippen LogP contribution in [0.3, 0.4) is 0 Å². The molecule has 1 aliphatic heterocycles. The van der Waals surface area contributed by atoms with Crippen LogP contribution in [0.25, 0.3) is 0 Å². The highest BCUT2D eigenvalue weighted by Gasteiger charge is 2.23.